The Balaban J connectivity index is 1.29. The topological polar surface area (TPSA) is 121 Å². The van der Waals surface area contributed by atoms with Crippen LogP contribution in [0.1, 0.15) is 58.3 Å². The summed E-state index contributed by atoms with van der Waals surface area (Å²) in [5, 5.41) is 16.7. The summed E-state index contributed by atoms with van der Waals surface area (Å²) in [7, 11) is 0. The number of ether oxygens (including phenoxy) is 1. The average molecular weight is 609 g/mol. The monoisotopic (exact) mass is 608 g/mol. The number of carbonyl (C=O) groups is 3. The van der Waals surface area contributed by atoms with Gasteiger partial charge in [-0.3, -0.25) is 9.59 Å². The van der Waals surface area contributed by atoms with Crippen molar-refractivity contribution in [2.75, 3.05) is 11.9 Å². The number of fused-ring (bicyclic) bond motifs is 3. The SMILES string of the molecule is CC1CCCCCC[C@H](Nc2cccc(F)c2)C(=O)N2C[C@H](Oc3nc4ccccc4s3)C[C@H]2C(=O)N[C@]2(C(=O)O)C[C@@H]12. The number of carbonyl (C=O) groups excluding carboxylic acids is 2. The highest BCUT2D eigenvalue weighted by molar-refractivity contribution is 7.20. The number of thiazole rings is 1. The molecule has 228 valence electrons. The number of hydrogen-bond acceptors (Lipinski definition) is 7. The number of amides is 2. The van der Waals surface area contributed by atoms with Gasteiger partial charge in [0, 0.05) is 12.1 Å². The van der Waals surface area contributed by atoms with Crippen LogP contribution >= 0.6 is 11.3 Å². The number of nitrogens with one attached hydrogen (secondary N) is 2. The molecule has 0 spiro atoms. The molecule has 2 amide bonds. The largest absolute Gasteiger partial charge is 0.479 e. The van der Waals surface area contributed by atoms with Crippen molar-refractivity contribution in [1.82, 2.24) is 15.2 Å². The van der Waals surface area contributed by atoms with Crippen molar-refractivity contribution in [1.29, 1.82) is 0 Å². The van der Waals surface area contributed by atoms with E-state index in [0.29, 0.717) is 23.7 Å². The zero-order valence-electron chi connectivity index (χ0n) is 24.1. The van der Waals surface area contributed by atoms with Crippen molar-refractivity contribution in [3.63, 3.8) is 0 Å². The molecule has 3 fully saturated rings. The Labute approximate surface area is 253 Å². The molecule has 3 heterocycles. The summed E-state index contributed by atoms with van der Waals surface area (Å²) < 4.78 is 21.2. The molecule has 6 rings (SSSR count). The minimum Gasteiger partial charge on any atom is -0.479 e. The molecular weight excluding hydrogens is 571 g/mol. The van der Waals surface area contributed by atoms with Crippen LogP contribution in [-0.4, -0.2) is 63.0 Å². The third-order valence-electron chi connectivity index (χ3n) is 9.19. The average Bonchev–Trinajstić information content (AvgIpc) is 3.34. The molecule has 0 radical (unpaired) electrons. The van der Waals surface area contributed by atoms with Gasteiger partial charge in [0.2, 0.25) is 11.8 Å². The maximum absolute atomic E-state index is 14.2. The van der Waals surface area contributed by atoms with Gasteiger partial charge in [-0.25, -0.2) is 14.2 Å². The number of benzene rings is 2. The van der Waals surface area contributed by atoms with Crippen LogP contribution in [0.4, 0.5) is 10.1 Å². The number of rotatable bonds is 5. The summed E-state index contributed by atoms with van der Waals surface area (Å²) in [6, 6.07) is 12.1. The Bertz CT molecular complexity index is 1480. The van der Waals surface area contributed by atoms with Gasteiger partial charge in [-0.15, -0.1) is 0 Å². The first-order valence-corrected chi connectivity index (χ1v) is 16.0. The molecule has 0 bridgehead atoms. The van der Waals surface area contributed by atoms with E-state index < -0.39 is 41.4 Å². The van der Waals surface area contributed by atoms with Crippen molar-refractivity contribution in [2.24, 2.45) is 11.8 Å². The maximum atomic E-state index is 14.2. The van der Waals surface area contributed by atoms with E-state index in [2.05, 4.69) is 22.5 Å². The molecule has 1 saturated carbocycles. The Hall–Kier alpha value is -3.73. The van der Waals surface area contributed by atoms with Gasteiger partial charge in [-0.2, -0.15) is 0 Å². The van der Waals surface area contributed by atoms with E-state index >= 15 is 0 Å². The Morgan fingerprint density at radius 2 is 1.93 bits per heavy atom. The third-order valence-corrected chi connectivity index (χ3v) is 10.1. The lowest BCUT2D eigenvalue weighted by atomic mass is 9.94. The molecule has 11 heteroatoms. The second-order valence-electron chi connectivity index (χ2n) is 12.2. The summed E-state index contributed by atoms with van der Waals surface area (Å²) in [5.41, 5.74) is -0.0321. The van der Waals surface area contributed by atoms with E-state index in [4.69, 9.17) is 4.74 Å². The minimum absolute atomic E-state index is 0.147. The van der Waals surface area contributed by atoms with Gasteiger partial charge in [0.15, 0.2) is 0 Å². The lowest BCUT2D eigenvalue weighted by Crippen LogP contribution is -2.55. The Morgan fingerprint density at radius 1 is 1.14 bits per heavy atom. The molecule has 3 aromatic rings. The van der Waals surface area contributed by atoms with E-state index in [1.54, 1.807) is 12.1 Å². The van der Waals surface area contributed by atoms with Gasteiger partial charge in [0.05, 0.1) is 16.8 Å². The predicted molar refractivity (Wildman–Crippen MR) is 161 cm³/mol. The molecule has 1 unspecified atom stereocenters. The first-order chi connectivity index (χ1) is 20.7. The Morgan fingerprint density at radius 3 is 2.70 bits per heavy atom. The summed E-state index contributed by atoms with van der Waals surface area (Å²) in [6.07, 6.45) is 5.09. The third kappa shape index (κ3) is 6.18. The highest BCUT2D eigenvalue weighted by atomic mass is 32.1. The van der Waals surface area contributed by atoms with Crippen LogP contribution in [0.2, 0.25) is 0 Å². The van der Waals surface area contributed by atoms with Crippen LogP contribution in [0.15, 0.2) is 48.5 Å². The molecule has 6 atom stereocenters. The first-order valence-electron chi connectivity index (χ1n) is 15.1. The fourth-order valence-corrected chi connectivity index (χ4v) is 7.63. The number of para-hydroxylation sites is 1. The normalized spacial score (nSPS) is 30.0. The number of nitrogens with zero attached hydrogens (tertiary/aromatic N) is 2. The number of halogens is 1. The molecule has 9 nitrogen and oxygen atoms in total. The smallest absolute Gasteiger partial charge is 0.329 e. The predicted octanol–water partition coefficient (Wildman–Crippen LogP) is 5.21. The fraction of sp³-hybridized carbons (Fsp3) is 0.500. The number of carboxylic acids is 1. The van der Waals surface area contributed by atoms with Crippen molar-refractivity contribution in [3.8, 4) is 5.19 Å². The molecule has 43 heavy (non-hydrogen) atoms. The highest BCUT2D eigenvalue weighted by Crippen LogP contribution is 2.50. The standard InChI is InChI=1S/C32H37FN4O5S/c1-19-9-4-2-3-5-13-25(34-21-11-8-10-20(33)15-21)29(39)37-18-22(42-31-35-24-12-6-7-14-27(24)43-31)16-26(37)28(38)36-32(30(40)41)17-23(19)32/h6-8,10-12,14-15,19,22-23,25-26,34H,2-5,9,13,16-18H2,1H3,(H,36,38)(H,40,41)/t19?,22-,23+,25+,26+,32-/m1/s1. The molecule has 2 aromatic carbocycles. The van der Waals surface area contributed by atoms with Crippen molar-refractivity contribution < 1.29 is 28.6 Å². The van der Waals surface area contributed by atoms with Crippen molar-refractivity contribution >= 4 is 45.0 Å². The van der Waals surface area contributed by atoms with E-state index in [1.807, 2.05) is 24.3 Å². The van der Waals surface area contributed by atoms with Gasteiger partial charge in [-0.05, 0) is 55.0 Å². The molecule has 2 aliphatic heterocycles. The molecule has 2 saturated heterocycles. The van der Waals surface area contributed by atoms with Crippen molar-refractivity contribution in [3.05, 3.63) is 54.3 Å². The molecule has 3 aliphatic rings. The first kappa shape index (κ1) is 29.3. The summed E-state index contributed by atoms with van der Waals surface area (Å²) >= 11 is 1.40. The van der Waals surface area contributed by atoms with Crippen LogP contribution in [0, 0.1) is 17.7 Å². The fourth-order valence-electron chi connectivity index (χ4n) is 6.75. The zero-order chi connectivity index (χ0) is 30.1. The molecule has 1 aliphatic carbocycles. The minimum atomic E-state index is -1.32. The van der Waals surface area contributed by atoms with Gasteiger partial charge < -0.3 is 25.4 Å². The highest BCUT2D eigenvalue weighted by Gasteiger charge is 2.64. The lowest BCUT2D eigenvalue weighted by Gasteiger charge is -2.30. The molecular formula is C32H37FN4O5S. The van der Waals surface area contributed by atoms with E-state index in [1.165, 1.54) is 28.4 Å². The van der Waals surface area contributed by atoms with Gasteiger partial charge in [0.25, 0.3) is 5.19 Å². The molecule has 3 N–H and O–H groups in total. The molecule has 1 aromatic heterocycles. The van der Waals surface area contributed by atoms with Crippen molar-refractivity contribution in [2.45, 2.75) is 82.0 Å². The second kappa shape index (κ2) is 12.1. The zero-order valence-corrected chi connectivity index (χ0v) is 24.9. The number of anilines is 1. The van der Waals surface area contributed by atoms with Gasteiger partial charge in [-0.1, -0.05) is 68.6 Å². The number of hydrogen-bond donors (Lipinski definition) is 3. The van der Waals surface area contributed by atoms with Crippen LogP contribution in [0.3, 0.4) is 0 Å². The van der Waals surface area contributed by atoms with Crippen LogP contribution < -0.4 is 15.4 Å². The van der Waals surface area contributed by atoms with Crippen LogP contribution in [-0.2, 0) is 14.4 Å². The van der Waals surface area contributed by atoms with Gasteiger partial charge in [0.1, 0.15) is 29.5 Å². The number of aliphatic carboxylic acids is 1. The maximum Gasteiger partial charge on any atom is 0.329 e. The number of aromatic nitrogens is 1. The summed E-state index contributed by atoms with van der Waals surface area (Å²) in [5.74, 6) is -2.22. The van der Waals surface area contributed by atoms with Crippen LogP contribution in [0.5, 0.6) is 5.19 Å². The summed E-state index contributed by atoms with van der Waals surface area (Å²) in [4.78, 5) is 46.6. The van der Waals surface area contributed by atoms with Crippen LogP contribution in [0.25, 0.3) is 10.2 Å². The van der Waals surface area contributed by atoms with Gasteiger partial charge >= 0.3 is 5.97 Å². The van der Waals surface area contributed by atoms with E-state index in [-0.39, 0.29) is 30.7 Å². The van der Waals surface area contributed by atoms with E-state index in [9.17, 15) is 23.9 Å². The van der Waals surface area contributed by atoms with E-state index in [0.717, 1.165) is 42.3 Å². The quantitative estimate of drug-likeness (QED) is 0.364. The lowest BCUT2D eigenvalue weighted by molar-refractivity contribution is -0.145. The second-order valence-corrected chi connectivity index (χ2v) is 13.2. The summed E-state index contributed by atoms with van der Waals surface area (Å²) in [6.45, 7) is 2.21. The Kier molecular flexibility index (Phi) is 8.26. The number of carboxylic acid groups (broad SMARTS) is 1.